The molecule has 4 aromatic rings. The minimum absolute atomic E-state index is 0.610. The van der Waals surface area contributed by atoms with Gasteiger partial charge in [0.1, 0.15) is 11.6 Å². The number of ether oxygens (including phenoxy) is 2. The first-order chi connectivity index (χ1) is 12.7. The largest absolute Gasteiger partial charge is 0.497 e. The highest BCUT2D eigenvalue weighted by Gasteiger charge is 2.15. The van der Waals surface area contributed by atoms with Crippen molar-refractivity contribution in [2.24, 2.45) is 0 Å². The van der Waals surface area contributed by atoms with Crippen LogP contribution in [0.15, 0.2) is 33.8 Å². The van der Waals surface area contributed by atoms with Crippen molar-refractivity contribution in [3.63, 3.8) is 0 Å². The summed E-state index contributed by atoms with van der Waals surface area (Å²) in [6.07, 6.45) is 0.702. The highest BCUT2D eigenvalue weighted by molar-refractivity contribution is 8.00. The zero-order chi connectivity index (χ0) is 18.1. The molecule has 9 heteroatoms. The molecule has 0 spiro atoms. The first kappa shape index (κ1) is 17.2. The lowest BCUT2D eigenvalue weighted by molar-refractivity contribution is 0.200. The highest BCUT2D eigenvalue weighted by Crippen LogP contribution is 2.32. The van der Waals surface area contributed by atoms with Crippen LogP contribution in [0.5, 0.6) is 5.75 Å². The van der Waals surface area contributed by atoms with Crippen LogP contribution in [0.3, 0.4) is 0 Å². The maximum Gasteiger partial charge on any atom is 0.203 e. The number of nitrogens with zero attached hydrogens (tertiary/aromatic N) is 5. The molecule has 7 nitrogen and oxygen atoms in total. The quantitative estimate of drug-likeness (QED) is 0.502. The first-order valence-electron chi connectivity index (χ1n) is 8.01. The average Bonchev–Trinajstić information content (AvgIpc) is 3.27. The summed E-state index contributed by atoms with van der Waals surface area (Å²) < 4.78 is 17.7. The van der Waals surface area contributed by atoms with E-state index in [2.05, 4.69) is 32.5 Å². The monoisotopic (exact) mass is 387 g/mol. The lowest BCUT2D eigenvalue weighted by Gasteiger charge is -2.08. The van der Waals surface area contributed by atoms with Crippen LogP contribution in [0.1, 0.15) is 11.4 Å². The maximum atomic E-state index is 5.39. The zero-order valence-corrected chi connectivity index (χ0v) is 16.2. The molecule has 3 aromatic heterocycles. The smallest absolute Gasteiger partial charge is 0.203 e. The summed E-state index contributed by atoms with van der Waals surface area (Å²) in [5.41, 5.74) is 2.96. The fourth-order valence-electron chi connectivity index (χ4n) is 2.75. The van der Waals surface area contributed by atoms with Gasteiger partial charge < -0.3 is 9.47 Å². The van der Waals surface area contributed by atoms with Gasteiger partial charge >= 0.3 is 0 Å². The third kappa shape index (κ3) is 3.13. The number of methoxy groups -OCH3 is 2. The van der Waals surface area contributed by atoms with E-state index in [1.807, 2.05) is 22.6 Å². The number of benzene rings is 1. The van der Waals surface area contributed by atoms with E-state index in [1.54, 1.807) is 14.2 Å². The van der Waals surface area contributed by atoms with E-state index in [-0.39, 0.29) is 0 Å². The SMILES string of the molecule is COCCc1nsc(Sc2nnc3cc(C)c4ccc(OC)cc4n23)n1. The summed E-state index contributed by atoms with van der Waals surface area (Å²) in [4.78, 5) is 4.55. The van der Waals surface area contributed by atoms with E-state index in [4.69, 9.17) is 9.47 Å². The number of fused-ring (bicyclic) bond motifs is 3. The van der Waals surface area contributed by atoms with Gasteiger partial charge in [-0.05, 0) is 54.0 Å². The van der Waals surface area contributed by atoms with Crippen LogP contribution < -0.4 is 4.74 Å². The first-order valence-corrected chi connectivity index (χ1v) is 9.60. The van der Waals surface area contributed by atoms with E-state index < -0.39 is 0 Å². The van der Waals surface area contributed by atoms with E-state index in [9.17, 15) is 0 Å². The van der Waals surface area contributed by atoms with Crippen LogP contribution in [-0.4, -0.2) is 44.8 Å². The predicted octanol–water partition coefficient (Wildman–Crippen LogP) is 3.39. The molecule has 0 unspecified atom stereocenters. The van der Waals surface area contributed by atoms with Crippen molar-refractivity contribution in [1.82, 2.24) is 24.0 Å². The van der Waals surface area contributed by atoms with Gasteiger partial charge in [0.05, 0.1) is 19.2 Å². The lowest BCUT2D eigenvalue weighted by Crippen LogP contribution is -1.96. The van der Waals surface area contributed by atoms with Crippen molar-refractivity contribution in [3.8, 4) is 5.75 Å². The molecular formula is C17H17N5O2S2. The van der Waals surface area contributed by atoms with Crippen molar-refractivity contribution in [2.75, 3.05) is 20.8 Å². The van der Waals surface area contributed by atoms with Crippen LogP contribution in [0.2, 0.25) is 0 Å². The Balaban J connectivity index is 1.78. The van der Waals surface area contributed by atoms with E-state index >= 15 is 0 Å². The molecule has 0 aliphatic carbocycles. The van der Waals surface area contributed by atoms with Crippen LogP contribution in [-0.2, 0) is 11.2 Å². The Morgan fingerprint density at radius 1 is 1.19 bits per heavy atom. The maximum absolute atomic E-state index is 5.39. The summed E-state index contributed by atoms with van der Waals surface area (Å²) in [5.74, 6) is 1.59. The molecule has 0 saturated carbocycles. The number of aromatic nitrogens is 5. The Kier molecular flexibility index (Phi) is 4.75. The summed E-state index contributed by atoms with van der Waals surface area (Å²) >= 11 is 2.83. The molecule has 26 heavy (non-hydrogen) atoms. The number of pyridine rings is 1. The van der Waals surface area contributed by atoms with Gasteiger partial charge in [0.25, 0.3) is 0 Å². The van der Waals surface area contributed by atoms with Crippen molar-refractivity contribution < 1.29 is 9.47 Å². The predicted molar refractivity (Wildman–Crippen MR) is 101 cm³/mol. The molecular weight excluding hydrogens is 370 g/mol. The normalized spacial score (nSPS) is 11.5. The molecule has 0 aliphatic rings. The second-order valence-corrected chi connectivity index (χ2v) is 7.67. The summed E-state index contributed by atoms with van der Waals surface area (Å²) in [6, 6.07) is 8.07. The fraction of sp³-hybridized carbons (Fsp3) is 0.294. The Hall–Kier alpha value is -2.23. The van der Waals surface area contributed by atoms with E-state index in [1.165, 1.54) is 23.3 Å². The number of hydrogen-bond donors (Lipinski definition) is 0. The van der Waals surface area contributed by atoms with Crippen molar-refractivity contribution in [3.05, 3.63) is 35.7 Å². The topological polar surface area (TPSA) is 74.4 Å². The van der Waals surface area contributed by atoms with Gasteiger partial charge in [-0.15, -0.1) is 10.2 Å². The molecule has 0 fully saturated rings. The molecule has 4 rings (SSSR count). The van der Waals surface area contributed by atoms with Gasteiger partial charge in [-0.1, -0.05) is 0 Å². The van der Waals surface area contributed by atoms with Crippen LogP contribution in [0.4, 0.5) is 0 Å². The zero-order valence-electron chi connectivity index (χ0n) is 14.6. The standard InChI is InChI=1S/C17H17N5O2S2/c1-10-8-15-19-20-16(25-17-18-14(21-26-17)6-7-23-2)22(15)13-9-11(24-3)4-5-12(10)13/h4-5,8-9H,6-7H2,1-3H3. The Morgan fingerprint density at radius 2 is 2.08 bits per heavy atom. The van der Waals surface area contributed by atoms with E-state index in [0.717, 1.165) is 43.2 Å². The molecule has 0 bridgehead atoms. The molecule has 0 saturated heterocycles. The summed E-state index contributed by atoms with van der Waals surface area (Å²) in [7, 11) is 3.34. The second-order valence-electron chi connectivity index (χ2n) is 5.71. The minimum atomic E-state index is 0.610. The van der Waals surface area contributed by atoms with Gasteiger partial charge in [-0.2, -0.15) is 4.37 Å². The van der Waals surface area contributed by atoms with Crippen LogP contribution >= 0.6 is 23.3 Å². The molecule has 0 N–H and O–H groups in total. The van der Waals surface area contributed by atoms with Crippen molar-refractivity contribution in [2.45, 2.75) is 22.8 Å². The average molecular weight is 387 g/mol. The Morgan fingerprint density at radius 3 is 2.88 bits per heavy atom. The lowest BCUT2D eigenvalue weighted by atomic mass is 10.1. The Labute approximate surface area is 158 Å². The molecule has 0 radical (unpaired) electrons. The number of hydrogen-bond acceptors (Lipinski definition) is 8. The number of aryl methyl sites for hydroxylation is 1. The molecule has 0 aliphatic heterocycles. The summed E-state index contributed by atoms with van der Waals surface area (Å²) in [6.45, 7) is 2.68. The summed E-state index contributed by atoms with van der Waals surface area (Å²) in [5, 5.41) is 10.6. The van der Waals surface area contributed by atoms with Crippen LogP contribution in [0, 0.1) is 6.92 Å². The van der Waals surface area contributed by atoms with Crippen molar-refractivity contribution in [1.29, 1.82) is 0 Å². The van der Waals surface area contributed by atoms with Crippen molar-refractivity contribution >= 4 is 39.8 Å². The molecule has 0 amide bonds. The second kappa shape index (κ2) is 7.18. The third-order valence-corrected chi connectivity index (χ3v) is 5.77. The molecule has 1 aromatic carbocycles. The van der Waals surface area contributed by atoms with Gasteiger partial charge in [0.2, 0.25) is 5.16 Å². The van der Waals surface area contributed by atoms with Gasteiger partial charge in [0.15, 0.2) is 9.99 Å². The van der Waals surface area contributed by atoms with Crippen LogP contribution in [0.25, 0.3) is 16.6 Å². The van der Waals surface area contributed by atoms with Gasteiger partial charge in [-0.25, -0.2) is 4.98 Å². The van der Waals surface area contributed by atoms with E-state index in [0.29, 0.717) is 13.0 Å². The fourth-order valence-corrected chi connectivity index (χ4v) is 4.37. The van der Waals surface area contributed by atoms with Gasteiger partial charge in [-0.3, -0.25) is 4.40 Å². The molecule has 3 heterocycles. The molecule has 0 atom stereocenters. The van der Waals surface area contributed by atoms with Gasteiger partial charge in [0, 0.05) is 25.0 Å². The minimum Gasteiger partial charge on any atom is -0.497 e. The highest BCUT2D eigenvalue weighted by atomic mass is 32.2. The molecule has 134 valence electrons. The third-order valence-electron chi connectivity index (χ3n) is 4.03. The Bertz CT molecular complexity index is 1080. The number of rotatable bonds is 6.